The van der Waals surface area contributed by atoms with Crippen molar-refractivity contribution < 1.29 is 27.8 Å². The fourth-order valence-corrected chi connectivity index (χ4v) is 2.01. The number of halogens is 2. The summed E-state index contributed by atoms with van der Waals surface area (Å²) in [7, 11) is 1.05. The number of hydrogen-bond acceptors (Lipinski definition) is 5. The molecule has 0 saturated carbocycles. The number of esters is 1. The molecule has 1 amide bonds. The van der Waals surface area contributed by atoms with Crippen molar-refractivity contribution in [2.75, 3.05) is 12.4 Å². The summed E-state index contributed by atoms with van der Waals surface area (Å²) < 4.78 is 37.3. The van der Waals surface area contributed by atoms with Crippen molar-refractivity contribution in [3.63, 3.8) is 0 Å². The first-order valence-corrected chi connectivity index (χ1v) is 7.40. The van der Waals surface area contributed by atoms with Crippen molar-refractivity contribution >= 4 is 17.6 Å². The number of methoxy groups -OCH3 is 1. The maximum atomic E-state index is 13.9. The molecule has 6 nitrogen and oxygen atoms in total. The van der Waals surface area contributed by atoms with Gasteiger partial charge in [0.1, 0.15) is 17.4 Å². The van der Waals surface area contributed by atoms with Crippen molar-refractivity contribution in [2.24, 2.45) is 0 Å². The van der Waals surface area contributed by atoms with E-state index < -0.39 is 35.2 Å². The Hall–Kier alpha value is -3.47. The van der Waals surface area contributed by atoms with Gasteiger partial charge >= 0.3 is 5.97 Å². The molecule has 8 heteroatoms. The largest absolute Gasteiger partial charge is 0.481 e. The summed E-state index contributed by atoms with van der Waals surface area (Å²) in [6.45, 7) is 1.43. The van der Waals surface area contributed by atoms with Gasteiger partial charge in [0.15, 0.2) is 6.10 Å². The number of benzene rings is 2. The number of carbonyl (C=O) groups excluding carboxylic acids is 2. The molecule has 0 bridgehead atoms. The van der Waals surface area contributed by atoms with Crippen LogP contribution in [0, 0.1) is 23.0 Å². The zero-order valence-corrected chi connectivity index (χ0v) is 13.9. The smallest absolute Gasteiger partial charge is 0.340 e. The van der Waals surface area contributed by atoms with Crippen molar-refractivity contribution in [2.45, 2.75) is 13.0 Å². The maximum absolute atomic E-state index is 13.9. The van der Waals surface area contributed by atoms with Crippen LogP contribution < -0.4 is 10.1 Å². The molecule has 0 saturated heterocycles. The van der Waals surface area contributed by atoms with Gasteiger partial charge in [-0.05, 0) is 37.3 Å². The number of ether oxygens (including phenoxy) is 2. The highest BCUT2D eigenvalue weighted by atomic mass is 19.1. The highest BCUT2D eigenvalue weighted by Crippen LogP contribution is 2.21. The van der Waals surface area contributed by atoms with Gasteiger partial charge in [-0.3, -0.25) is 4.79 Å². The number of amides is 1. The van der Waals surface area contributed by atoms with Crippen LogP contribution in [0.15, 0.2) is 36.4 Å². The topological polar surface area (TPSA) is 88.4 Å². The van der Waals surface area contributed by atoms with E-state index >= 15 is 0 Å². The molecule has 134 valence electrons. The van der Waals surface area contributed by atoms with E-state index in [9.17, 15) is 18.4 Å². The van der Waals surface area contributed by atoms with Gasteiger partial charge in [0, 0.05) is 6.07 Å². The van der Waals surface area contributed by atoms with Gasteiger partial charge in [-0.2, -0.15) is 5.26 Å². The number of nitriles is 1. The Morgan fingerprint density at radius 3 is 2.38 bits per heavy atom. The summed E-state index contributed by atoms with van der Waals surface area (Å²) in [5.41, 5.74) is -0.463. The SMILES string of the molecule is COC(=O)c1cc(NC(=O)C(C)Oc2ccc(C#N)cc2)c(F)cc1F. The van der Waals surface area contributed by atoms with Gasteiger partial charge in [-0.25, -0.2) is 13.6 Å². The molecular formula is C18H14F2N2O4. The lowest BCUT2D eigenvalue weighted by molar-refractivity contribution is -0.122. The summed E-state index contributed by atoms with van der Waals surface area (Å²) in [6, 6.07) is 9.33. The molecule has 0 aliphatic heterocycles. The van der Waals surface area contributed by atoms with Crippen LogP contribution in [-0.4, -0.2) is 25.1 Å². The maximum Gasteiger partial charge on any atom is 0.340 e. The first kappa shape index (κ1) is 18.9. The normalized spacial score (nSPS) is 11.2. The van der Waals surface area contributed by atoms with Crippen molar-refractivity contribution in [1.82, 2.24) is 0 Å². The first-order chi connectivity index (χ1) is 12.3. The van der Waals surface area contributed by atoms with Crippen LogP contribution in [0.25, 0.3) is 0 Å². The minimum atomic E-state index is -1.10. The first-order valence-electron chi connectivity index (χ1n) is 7.40. The van der Waals surface area contributed by atoms with E-state index in [1.807, 2.05) is 6.07 Å². The molecule has 0 spiro atoms. The zero-order valence-electron chi connectivity index (χ0n) is 13.9. The summed E-state index contributed by atoms with van der Waals surface area (Å²) >= 11 is 0. The summed E-state index contributed by atoms with van der Waals surface area (Å²) in [4.78, 5) is 23.6. The lowest BCUT2D eigenvalue weighted by Crippen LogP contribution is -2.30. The standard InChI is InChI=1S/C18H14F2N2O4/c1-10(26-12-5-3-11(9-21)4-6-12)17(23)22-16-7-13(18(24)25-2)14(19)8-15(16)20/h3-8,10H,1-2H3,(H,22,23). The molecule has 1 N–H and O–H groups in total. The molecule has 0 aliphatic carbocycles. The van der Waals surface area contributed by atoms with E-state index in [1.54, 1.807) is 0 Å². The molecule has 0 aromatic heterocycles. The fourth-order valence-electron chi connectivity index (χ4n) is 2.01. The van der Waals surface area contributed by atoms with Crippen LogP contribution in [0.3, 0.4) is 0 Å². The monoisotopic (exact) mass is 360 g/mol. The van der Waals surface area contributed by atoms with E-state index in [4.69, 9.17) is 10.00 Å². The quantitative estimate of drug-likeness (QED) is 0.828. The predicted molar refractivity (Wildman–Crippen MR) is 87.6 cm³/mol. The molecule has 26 heavy (non-hydrogen) atoms. The highest BCUT2D eigenvalue weighted by Gasteiger charge is 2.20. The second-order valence-electron chi connectivity index (χ2n) is 5.19. The second-order valence-corrected chi connectivity index (χ2v) is 5.19. The third-order valence-corrected chi connectivity index (χ3v) is 3.39. The van der Waals surface area contributed by atoms with Crippen LogP contribution in [0.2, 0.25) is 0 Å². The van der Waals surface area contributed by atoms with Crippen LogP contribution >= 0.6 is 0 Å². The number of nitrogens with one attached hydrogen (secondary N) is 1. The molecule has 0 heterocycles. The average molecular weight is 360 g/mol. The molecule has 1 atom stereocenters. The number of carbonyl (C=O) groups is 2. The van der Waals surface area contributed by atoms with E-state index in [-0.39, 0.29) is 5.69 Å². The minimum Gasteiger partial charge on any atom is -0.481 e. The van der Waals surface area contributed by atoms with Gasteiger partial charge in [0.05, 0.1) is 30.0 Å². The second kappa shape index (κ2) is 8.07. The molecule has 0 fully saturated rings. The van der Waals surface area contributed by atoms with Gasteiger partial charge in [-0.1, -0.05) is 0 Å². The van der Waals surface area contributed by atoms with E-state index in [0.29, 0.717) is 17.4 Å². The van der Waals surface area contributed by atoms with E-state index in [1.165, 1.54) is 31.2 Å². The van der Waals surface area contributed by atoms with E-state index in [0.717, 1.165) is 13.2 Å². The summed E-state index contributed by atoms with van der Waals surface area (Å²) in [5.74, 6) is -3.53. The lowest BCUT2D eigenvalue weighted by Gasteiger charge is -2.15. The van der Waals surface area contributed by atoms with Gasteiger partial charge in [0.2, 0.25) is 0 Å². The third-order valence-electron chi connectivity index (χ3n) is 3.39. The average Bonchev–Trinajstić information content (AvgIpc) is 2.63. The van der Waals surface area contributed by atoms with Gasteiger partial charge < -0.3 is 14.8 Å². The third kappa shape index (κ3) is 4.33. The highest BCUT2D eigenvalue weighted by molar-refractivity contribution is 5.96. The molecular weight excluding hydrogens is 346 g/mol. The summed E-state index contributed by atoms with van der Waals surface area (Å²) in [5, 5.41) is 11.0. The molecule has 0 aliphatic rings. The molecule has 2 aromatic carbocycles. The number of hydrogen-bond donors (Lipinski definition) is 1. The number of nitrogens with zero attached hydrogens (tertiary/aromatic N) is 1. The van der Waals surface area contributed by atoms with Crippen molar-refractivity contribution in [1.29, 1.82) is 5.26 Å². The molecule has 0 radical (unpaired) electrons. The fraction of sp³-hybridized carbons (Fsp3) is 0.167. The molecule has 2 aromatic rings. The minimum absolute atomic E-state index is 0.335. The predicted octanol–water partition coefficient (Wildman–Crippen LogP) is 3.03. The van der Waals surface area contributed by atoms with Crippen LogP contribution in [-0.2, 0) is 9.53 Å². The number of rotatable bonds is 5. The van der Waals surface area contributed by atoms with Crippen molar-refractivity contribution in [3.8, 4) is 11.8 Å². The Labute approximate surface area is 148 Å². The van der Waals surface area contributed by atoms with Crippen LogP contribution in [0.1, 0.15) is 22.8 Å². The van der Waals surface area contributed by atoms with E-state index in [2.05, 4.69) is 10.1 Å². The Morgan fingerprint density at radius 1 is 1.15 bits per heavy atom. The van der Waals surface area contributed by atoms with Gasteiger partial charge in [0.25, 0.3) is 5.91 Å². The molecule has 2 rings (SSSR count). The Morgan fingerprint density at radius 2 is 1.81 bits per heavy atom. The van der Waals surface area contributed by atoms with Crippen LogP contribution in [0.4, 0.5) is 14.5 Å². The Balaban J connectivity index is 2.13. The Bertz CT molecular complexity index is 876. The lowest BCUT2D eigenvalue weighted by atomic mass is 10.1. The number of anilines is 1. The summed E-state index contributed by atoms with van der Waals surface area (Å²) in [6.07, 6.45) is -1.02. The van der Waals surface area contributed by atoms with Crippen LogP contribution in [0.5, 0.6) is 5.75 Å². The zero-order chi connectivity index (χ0) is 19.3. The van der Waals surface area contributed by atoms with Gasteiger partial charge in [-0.15, -0.1) is 0 Å². The molecule has 1 unspecified atom stereocenters. The van der Waals surface area contributed by atoms with Crippen molar-refractivity contribution in [3.05, 3.63) is 59.2 Å². The Kier molecular flexibility index (Phi) is 5.86.